The zero-order valence-electron chi connectivity index (χ0n) is 26.8. The molecule has 8 nitrogen and oxygen atoms in total. The molecule has 1 heterocycles. The molecule has 0 aliphatic carbocycles. The molecule has 0 radical (unpaired) electrons. The third-order valence-electron chi connectivity index (χ3n) is 7.00. The Bertz CT molecular complexity index is 898. The van der Waals surface area contributed by atoms with Gasteiger partial charge in [-0.15, -0.1) is 0 Å². The molecule has 0 bridgehead atoms. The van der Waals surface area contributed by atoms with E-state index in [4.69, 9.17) is 5.11 Å². The van der Waals surface area contributed by atoms with Gasteiger partial charge in [0.25, 0.3) is 5.91 Å². The Labute approximate surface area is 276 Å². The van der Waals surface area contributed by atoms with E-state index in [2.05, 4.69) is 71.2 Å². The van der Waals surface area contributed by atoms with Crippen LogP contribution in [0.25, 0.3) is 0 Å². The van der Waals surface area contributed by atoms with Gasteiger partial charge in [-0.1, -0.05) is 95.6 Å². The second-order valence-electron chi connectivity index (χ2n) is 10.2. The number of aliphatic hydroxyl groups excluding tert-OH is 1. The van der Waals surface area contributed by atoms with Crippen LogP contribution in [0.3, 0.4) is 0 Å². The van der Waals surface area contributed by atoms with Crippen LogP contribution < -0.4 is 45.3 Å². The predicted molar refractivity (Wildman–Crippen MR) is 166 cm³/mol. The first-order valence-electron chi connectivity index (χ1n) is 15.4. The third kappa shape index (κ3) is 18.5. The van der Waals surface area contributed by atoms with Crippen molar-refractivity contribution in [3.8, 4) is 0 Å². The van der Waals surface area contributed by atoms with E-state index in [1.165, 1.54) is 25.7 Å². The maximum absolute atomic E-state index is 11.9. The minimum absolute atomic E-state index is 0. The summed E-state index contributed by atoms with van der Waals surface area (Å²) in [5, 5.41) is 24.3. The van der Waals surface area contributed by atoms with Crippen LogP contribution in [0, 0.1) is 11.3 Å². The van der Waals surface area contributed by atoms with Gasteiger partial charge in [0.1, 0.15) is 5.41 Å². The van der Waals surface area contributed by atoms with Crippen molar-refractivity contribution in [1.29, 1.82) is 0 Å². The van der Waals surface area contributed by atoms with E-state index in [0.717, 1.165) is 44.9 Å². The van der Waals surface area contributed by atoms with E-state index in [9.17, 15) is 19.5 Å². The maximum Gasteiger partial charge on any atom is 1.00 e. The first-order valence-corrected chi connectivity index (χ1v) is 15.4. The fourth-order valence-electron chi connectivity index (χ4n) is 4.53. The molecule has 1 aliphatic heterocycles. The summed E-state index contributed by atoms with van der Waals surface area (Å²) in [7, 11) is 0. The van der Waals surface area contributed by atoms with Crippen molar-refractivity contribution >= 4 is 23.7 Å². The third-order valence-corrected chi connectivity index (χ3v) is 7.00. The Kier molecular flexibility index (Phi) is 27.9. The molecule has 0 spiro atoms. The monoisotopic (exact) mass is 595 g/mol. The van der Waals surface area contributed by atoms with Gasteiger partial charge in [-0.3, -0.25) is 14.4 Å². The number of amidine groups is 1. The molecule has 0 fully saturated rings. The Morgan fingerprint density at radius 1 is 0.929 bits per heavy atom. The molecule has 0 aromatic heterocycles. The molecule has 2 unspecified atom stereocenters. The van der Waals surface area contributed by atoms with Crippen molar-refractivity contribution in [1.82, 2.24) is 10.6 Å². The predicted octanol–water partition coefficient (Wildman–Crippen LogP) is 2.44. The van der Waals surface area contributed by atoms with E-state index in [1.807, 2.05) is 13.8 Å². The first-order chi connectivity index (χ1) is 19.8. The molecule has 2 atom stereocenters. The van der Waals surface area contributed by atoms with Gasteiger partial charge in [-0.2, -0.15) is 0 Å². The number of hydrogen-bond acceptors (Lipinski definition) is 5. The van der Waals surface area contributed by atoms with Gasteiger partial charge in [0.2, 0.25) is 11.8 Å². The number of amides is 3. The largest absolute Gasteiger partial charge is 1.00 e. The number of aliphatic hydroxyl groups is 1. The fourth-order valence-corrected chi connectivity index (χ4v) is 4.53. The minimum atomic E-state index is -1.15. The summed E-state index contributed by atoms with van der Waals surface area (Å²) in [6, 6.07) is -0.845. The first kappa shape index (κ1) is 42.1. The van der Waals surface area contributed by atoms with Crippen molar-refractivity contribution in [2.75, 3.05) is 13.2 Å². The number of carbonyl (C=O) groups is 3. The number of hydrogen-bond donors (Lipinski definition) is 3. The van der Waals surface area contributed by atoms with Crippen LogP contribution in [-0.2, 0) is 14.4 Å². The number of aliphatic imine (C=N–C) groups is 1. The van der Waals surface area contributed by atoms with Gasteiger partial charge in [0.15, 0.2) is 0 Å². The minimum Gasteiger partial charge on any atom is -0.846 e. The average molecular weight is 596 g/mol. The standard InChI is InChI=1S/C22H37NO2.C11H18N2O3.Na/c1-2-3-4-5-6-7-8-9-10-11-12-13-14-15-16-17-18-19-22(25)23-20-21-24;1-4-6-7(3)11(5-2)8(14)12-10(16)13-9(11)15;/h6-7,9-10,12-13,15-16,24H,2-5,8,11,14,17-21H2,1H3,(H,23,25);7H,4-6H2,1-3H3,(H2,12,13,14,15,16);/q;;+1/p-1/b7-6-,10-9-,13-12-,16-15-;;. The van der Waals surface area contributed by atoms with Gasteiger partial charge in [0, 0.05) is 13.0 Å². The SMILES string of the molecule is CCCC(C)C1(CC)C(=O)N=C([O-])NC1=O.CCCCC/C=C\C/C=C\C/C=C\C/C=C\CCCC(=O)NCCO.[Na+]. The van der Waals surface area contributed by atoms with Crippen LogP contribution in [0.1, 0.15) is 111 Å². The van der Waals surface area contributed by atoms with E-state index in [0.29, 0.717) is 19.4 Å². The van der Waals surface area contributed by atoms with Crippen molar-refractivity contribution in [3.63, 3.8) is 0 Å². The van der Waals surface area contributed by atoms with Crippen LogP contribution in [0.2, 0.25) is 0 Å². The Morgan fingerprint density at radius 2 is 1.48 bits per heavy atom. The molecule has 1 aliphatic rings. The summed E-state index contributed by atoms with van der Waals surface area (Å²) < 4.78 is 0. The molecule has 3 N–H and O–H groups in total. The number of allylic oxidation sites excluding steroid dienone is 8. The molecule has 0 saturated carbocycles. The van der Waals surface area contributed by atoms with Crippen molar-refractivity contribution in [2.24, 2.45) is 16.3 Å². The summed E-state index contributed by atoms with van der Waals surface area (Å²) in [6.45, 7) is 8.21. The van der Waals surface area contributed by atoms with Crippen molar-refractivity contribution < 1.29 is 54.2 Å². The van der Waals surface area contributed by atoms with E-state index < -0.39 is 23.3 Å². The molecule has 42 heavy (non-hydrogen) atoms. The van der Waals surface area contributed by atoms with Gasteiger partial charge in [0.05, 0.1) is 12.6 Å². The van der Waals surface area contributed by atoms with E-state index >= 15 is 0 Å². The molecule has 0 saturated heterocycles. The van der Waals surface area contributed by atoms with Gasteiger partial charge in [-0.05, 0) is 63.7 Å². The summed E-state index contributed by atoms with van der Waals surface area (Å²) in [4.78, 5) is 38.4. The molecular weight excluding hydrogens is 541 g/mol. The molecule has 1 rings (SSSR count). The Balaban J connectivity index is 0. The summed E-state index contributed by atoms with van der Waals surface area (Å²) in [5.74, 6) is -1.18. The smallest absolute Gasteiger partial charge is 0.846 e. The number of nitrogens with one attached hydrogen (secondary N) is 2. The Morgan fingerprint density at radius 3 is 1.95 bits per heavy atom. The van der Waals surface area contributed by atoms with E-state index in [1.54, 1.807) is 6.92 Å². The second-order valence-corrected chi connectivity index (χ2v) is 10.2. The zero-order valence-corrected chi connectivity index (χ0v) is 28.8. The van der Waals surface area contributed by atoms with Crippen molar-refractivity contribution in [3.05, 3.63) is 48.6 Å². The van der Waals surface area contributed by atoms with Crippen LogP contribution in [0.15, 0.2) is 53.6 Å². The van der Waals surface area contributed by atoms with Gasteiger partial charge >= 0.3 is 29.6 Å². The average Bonchev–Trinajstić information content (AvgIpc) is 2.94. The molecule has 9 heteroatoms. The molecule has 232 valence electrons. The topological polar surface area (TPSA) is 131 Å². The fraction of sp³-hybridized carbons (Fsp3) is 0.636. The molecule has 3 amide bonds. The van der Waals surface area contributed by atoms with Crippen LogP contribution >= 0.6 is 0 Å². The van der Waals surface area contributed by atoms with E-state index in [-0.39, 0.29) is 48.0 Å². The van der Waals surface area contributed by atoms with Gasteiger partial charge in [-0.25, -0.2) is 4.99 Å². The number of unbranched alkanes of at least 4 members (excludes halogenated alkanes) is 4. The molecule has 0 aromatic rings. The molecule has 0 aromatic carbocycles. The Hall–Kier alpha value is -2.00. The van der Waals surface area contributed by atoms with Crippen molar-refractivity contribution in [2.45, 2.75) is 111 Å². The normalized spacial score (nSPS) is 17.7. The van der Waals surface area contributed by atoms with Crippen LogP contribution in [0.4, 0.5) is 0 Å². The zero-order chi connectivity index (χ0) is 30.8. The summed E-state index contributed by atoms with van der Waals surface area (Å²) >= 11 is 0. The quantitative estimate of drug-likeness (QED) is 0.0862. The number of rotatable bonds is 20. The van der Waals surface area contributed by atoms with Gasteiger partial charge < -0.3 is 20.8 Å². The number of carbonyl (C=O) groups excluding carboxylic acids is 3. The second kappa shape index (κ2) is 27.8. The van der Waals surface area contributed by atoms with Crippen LogP contribution in [0.5, 0.6) is 0 Å². The van der Waals surface area contributed by atoms with Crippen LogP contribution in [-0.4, -0.2) is 42.0 Å². The summed E-state index contributed by atoms with van der Waals surface area (Å²) in [6.07, 6.45) is 30.0. The number of nitrogens with zero attached hydrogens (tertiary/aromatic N) is 1. The maximum atomic E-state index is 11.9. The molecular formula is C33H54N3NaO5. The summed E-state index contributed by atoms with van der Waals surface area (Å²) in [5.41, 5.74) is -1.15.